The smallest absolute Gasteiger partial charge is 0.369 e. The number of nitrogens with zero attached hydrogens (tertiary/aromatic N) is 2. The van der Waals surface area contributed by atoms with E-state index in [9.17, 15) is 39.9 Å². The lowest BCUT2D eigenvalue weighted by Crippen LogP contribution is -2.53. The number of rotatable bonds is 7. The van der Waals surface area contributed by atoms with Gasteiger partial charge in [0.05, 0.1) is 22.2 Å². The lowest BCUT2D eigenvalue weighted by Gasteiger charge is -2.33. The van der Waals surface area contributed by atoms with Gasteiger partial charge in [-0.15, -0.1) is 0 Å². The zero-order valence-corrected chi connectivity index (χ0v) is 19.1. The number of sulfonamides is 1. The van der Waals surface area contributed by atoms with Crippen molar-refractivity contribution >= 4 is 15.7 Å². The number of hydrogen-bond donors (Lipinski definition) is 1. The van der Waals surface area contributed by atoms with E-state index in [4.69, 9.17) is 5.26 Å². The molecule has 0 aliphatic carbocycles. The first kappa shape index (κ1) is 27.0. The summed E-state index contributed by atoms with van der Waals surface area (Å²) in [6.07, 6.45) is -12.0. The molecule has 0 aliphatic rings. The van der Waals surface area contributed by atoms with Crippen molar-refractivity contribution in [2.75, 3.05) is 10.8 Å². The Bertz CT molecular complexity index is 1340. The maximum Gasteiger partial charge on any atom is 0.430 e. The Labute approximate surface area is 202 Å². The van der Waals surface area contributed by atoms with Crippen LogP contribution in [0.1, 0.15) is 16.7 Å². The van der Waals surface area contributed by atoms with E-state index in [1.165, 1.54) is 18.2 Å². The number of nitriles is 1. The number of aliphatic hydroxyl groups is 1. The van der Waals surface area contributed by atoms with E-state index in [-0.39, 0.29) is 29.1 Å². The molecule has 0 unspecified atom stereocenters. The Kier molecular flexibility index (Phi) is 7.38. The summed E-state index contributed by atoms with van der Waals surface area (Å²) >= 11 is 0. The Morgan fingerprint density at radius 2 is 1.42 bits per heavy atom. The zero-order chi connectivity index (χ0) is 26.8. The average molecular weight is 528 g/mol. The number of alkyl halides is 6. The van der Waals surface area contributed by atoms with Crippen molar-refractivity contribution in [2.45, 2.75) is 29.3 Å². The molecule has 1 N–H and O–H groups in total. The van der Waals surface area contributed by atoms with Gasteiger partial charge in [0.2, 0.25) is 0 Å². The van der Waals surface area contributed by atoms with Crippen molar-refractivity contribution in [3.63, 3.8) is 0 Å². The Morgan fingerprint density at radius 3 is 1.94 bits per heavy atom. The van der Waals surface area contributed by atoms with Crippen molar-refractivity contribution < 1.29 is 39.9 Å². The molecular weight excluding hydrogens is 510 g/mol. The Hall–Kier alpha value is -3.56. The highest BCUT2D eigenvalue weighted by atomic mass is 32.2. The minimum Gasteiger partial charge on any atom is -0.369 e. The lowest BCUT2D eigenvalue weighted by atomic mass is 9.92. The first-order valence-electron chi connectivity index (χ1n) is 10.2. The zero-order valence-electron chi connectivity index (χ0n) is 18.3. The van der Waals surface area contributed by atoms with Crippen LogP contribution in [0.15, 0.2) is 83.8 Å². The summed E-state index contributed by atoms with van der Waals surface area (Å²) in [6.45, 7) is -0.217. The summed E-state index contributed by atoms with van der Waals surface area (Å²) in [5, 5.41) is 18.7. The molecule has 3 aromatic carbocycles. The van der Waals surface area contributed by atoms with Gasteiger partial charge in [0, 0.05) is 12.1 Å². The highest BCUT2D eigenvalue weighted by Crippen LogP contribution is 2.50. The van der Waals surface area contributed by atoms with E-state index >= 15 is 0 Å². The fourth-order valence-electron chi connectivity index (χ4n) is 3.47. The molecule has 0 atom stereocenters. The second-order valence-corrected chi connectivity index (χ2v) is 9.57. The van der Waals surface area contributed by atoms with Gasteiger partial charge in [0.15, 0.2) is 0 Å². The quantitative estimate of drug-likeness (QED) is 0.422. The van der Waals surface area contributed by atoms with Crippen molar-refractivity contribution in [1.29, 1.82) is 5.26 Å². The third kappa shape index (κ3) is 5.17. The van der Waals surface area contributed by atoms with E-state index in [1.54, 1.807) is 36.4 Å². The van der Waals surface area contributed by atoms with E-state index < -0.39 is 33.5 Å². The van der Waals surface area contributed by atoms with Gasteiger partial charge >= 0.3 is 12.4 Å². The van der Waals surface area contributed by atoms with Gasteiger partial charge in [-0.05, 0) is 42.3 Å². The second kappa shape index (κ2) is 9.83. The van der Waals surface area contributed by atoms with E-state index in [0.29, 0.717) is 12.1 Å². The second-order valence-electron chi connectivity index (χ2n) is 7.71. The summed E-state index contributed by atoms with van der Waals surface area (Å²) in [4.78, 5) is -0.291. The largest absolute Gasteiger partial charge is 0.430 e. The van der Waals surface area contributed by atoms with Crippen LogP contribution in [0, 0.1) is 11.3 Å². The molecule has 0 aromatic heterocycles. The third-order valence-corrected chi connectivity index (χ3v) is 7.21. The predicted molar refractivity (Wildman–Crippen MR) is 118 cm³/mol. The van der Waals surface area contributed by atoms with Crippen molar-refractivity contribution in [3.05, 3.63) is 95.6 Å². The van der Waals surface area contributed by atoms with Crippen LogP contribution in [0.25, 0.3) is 0 Å². The monoisotopic (exact) mass is 528 g/mol. The molecular formula is C24H18F6N2O3S. The highest BCUT2D eigenvalue weighted by molar-refractivity contribution is 7.92. The predicted octanol–water partition coefficient (Wildman–Crippen LogP) is 5.31. The van der Waals surface area contributed by atoms with Gasteiger partial charge in [0.1, 0.15) is 0 Å². The molecule has 0 spiro atoms. The van der Waals surface area contributed by atoms with Crippen LogP contribution in [0.3, 0.4) is 0 Å². The molecule has 0 fully saturated rings. The lowest BCUT2D eigenvalue weighted by molar-refractivity contribution is -0.376. The van der Waals surface area contributed by atoms with Gasteiger partial charge in [-0.2, -0.15) is 31.6 Å². The highest BCUT2D eigenvalue weighted by Gasteiger charge is 2.71. The minimum atomic E-state index is -6.08. The molecule has 0 saturated heterocycles. The van der Waals surface area contributed by atoms with Crippen LogP contribution in [0.4, 0.5) is 32.0 Å². The normalized spacial score (nSPS) is 12.7. The van der Waals surface area contributed by atoms with Gasteiger partial charge < -0.3 is 5.11 Å². The molecule has 3 aromatic rings. The van der Waals surface area contributed by atoms with Gasteiger partial charge in [-0.25, -0.2) is 8.42 Å². The fourth-order valence-corrected chi connectivity index (χ4v) is 4.99. The van der Waals surface area contributed by atoms with Crippen LogP contribution >= 0.6 is 0 Å². The summed E-state index contributed by atoms with van der Waals surface area (Å²) < 4.78 is 107. The first-order valence-corrected chi connectivity index (χ1v) is 11.7. The van der Waals surface area contributed by atoms with Crippen molar-refractivity contribution in [3.8, 4) is 6.07 Å². The van der Waals surface area contributed by atoms with Crippen LogP contribution < -0.4 is 4.31 Å². The molecule has 0 saturated carbocycles. The summed E-state index contributed by atoms with van der Waals surface area (Å²) in [5.41, 5.74) is -6.13. The van der Waals surface area contributed by atoms with Gasteiger partial charge in [-0.1, -0.05) is 48.5 Å². The van der Waals surface area contributed by atoms with E-state index in [1.807, 2.05) is 0 Å². The van der Waals surface area contributed by atoms with Gasteiger partial charge in [-0.3, -0.25) is 4.31 Å². The van der Waals surface area contributed by atoms with Crippen LogP contribution in [-0.2, 0) is 22.0 Å². The maximum absolute atomic E-state index is 13.4. The molecule has 0 aliphatic heterocycles. The molecule has 0 heterocycles. The number of anilines is 1. The molecule has 12 heteroatoms. The third-order valence-electron chi connectivity index (χ3n) is 5.39. The van der Waals surface area contributed by atoms with Crippen LogP contribution in [0.5, 0.6) is 0 Å². The molecule has 190 valence electrons. The minimum absolute atomic E-state index is 0.0369. The standard InChI is InChI=1S/C24H18F6N2O3S/c25-23(26,27)22(33,24(28,29)30)19-9-11-20(12-10-19)32(14-13-17-5-2-1-3-6-17)36(34,35)21-8-4-7-18(15-21)16-31/h1-12,15,33H,13-14H2. The first-order chi connectivity index (χ1) is 16.7. The van der Waals surface area contributed by atoms with Crippen molar-refractivity contribution in [2.24, 2.45) is 0 Å². The average Bonchev–Trinajstić information content (AvgIpc) is 2.83. The number of benzene rings is 3. The van der Waals surface area contributed by atoms with E-state index in [0.717, 1.165) is 28.1 Å². The summed E-state index contributed by atoms with van der Waals surface area (Å²) in [6, 6.07) is 17.7. The summed E-state index contributed by atoms with van der Waals surface area (Å²) in [5.74, 6) is 0. The molecule has 5 nitrogen and oxygen atoms in total. The van der Waals surface area contributed by atoms with E-state index in [2.05, 4.69) is 0 Å². The van der Waals surface area contributed by atoms with Gasteiger partial charge in [0.25, 0.3) is 15.6 Å². The molecule has 36 heavy (non-hydrogen) atoms. The summed E-state index contributed by atoms with van der Waals surface area (Å²) in [7, 11) is -4.39. The van der Waals surface area contributed by atoms with Crippen LogP contribution in [0.2, 0.25) is 0 Å². The SMILES string of the molecule is N#Cc1cccc(S(=O)(=O)N(CCc2ccccc2)c2ccc(C(O)(C(F)(F)F)C(F)(F)F)cc2)c1. The fraction of sp³-hybridized carbons (Fsp3) is 0.208. The molecule has 3 rings (SSSR count). The maximum atomic E-state index is 13.4. The molecule has 0 amide bonds. The molecule has 0 radical (unpaired) electrons. The Balaban J connectivity index is 2.08. The number of halogens is 6. The molecule has 0 bridgehead atoms. The topological polar surface area (TPSA) is 81.4 Å². The Morgan fingerprint density at radius 1 is 0.833 bits per heavy atom. The number of hydrogen-bond acceptors (Lipinski definition) is 4. The van der Waals surface area contributed by atoms with Crippen molar-refractivity contribution in [1.82, 2.24) is 0 Å². The van der Waals surface area contributed by atoms with Crippen LogP contribution in [-0.4, -0.2) is 32.4 Å².